The van der Waals surface area contributed by atoms with Crippen LogP contribution >= 0.6 is 0 Å². The fraction of sp³-hybridized carbons (Fsp3) is 0.667. The molecule has 0 unspecified atom stereocenters. The van der Waals surface area contributed by atoms with Crippen molar-refractivity contribution < 1.29 is 4.74 Å². The Morgan fingerprint density at radius 3 is 2.56 bits per heavy atom. The topological polar surface area (TPSA) is 60.1 Å². The largest absolute Gasteiger partial charge is 0.378 e. The van der Waals surface area contributed by atoms with Crippen LogP contribution in [0.4, 0.5) is 5.82 Å². The van der Waals surface area contributed by atoms with Crippen molar-refractivity contribution in [1.29, 1.82) is 0 Å². The molecule has 0 amide bonds. The van der Waals surface area contributed by atoms with Crippen LogP contribution in [0.5, 0.6) is 0 Å². The highest BCUT2D eigenvalue weighted by molar-refractivity contribution is 5.50. The molecule has 1 N–H and O–H groups in total. The van der Waals surface area contributed by atoms with Gasteiger partial charge >= 0.3 is 0 Å². The van der Waals surface area contributed by atoms with Gasteiger partial charge in [0, 0.05) is 44.0 Å². The van der Waals surface area contributed by atoms with Crippen LogP contribution in [-0.4, -0.2) is 51.9 Å². The van der Waals surface area contributed by atoms with Crippen molar-refractivity contribution in [3.05, 3.63) is 28.7 Å². The smallest absolute Gasteiger partial charge is 0.131 e. The molecule has 2 aromatic heterocycles. The van der Waals surface area contributed by atoms with Crippen molar-refractivity contribution >= 4 is 5.82 Å². The van der Waals surface area contributed by atoms with E-state index in [1.165, 1.54) is 17.1 Å². The molecule has 138 valence electrons. The lowest BCUT2D eigenvalue weighted by atomic mass is 10.2. The third-order valence-corrected chi connectivity index (χ3v) is 4.80. The average Bonchev–Trinajstić information content (AvgIpc) is 3.03. The molecule has 0 spiro atoms. The molecule has 3 heterocycles. The Hall–Kier alpha value is -1.86. The number of hydrogen-bond donors (Lipinski definition) is 1. The summed E-state index contributed by atoms with van der Waals surface area (Å²) >= 11 is 0. The van der Waals surface area contributed by atoms with Crippen molar-refractivity contribution in [2.75, 3.05) is 31.2 Å². The monoisotopic (exact) mass is 346 g/mol. The summed E-state index contributed by atoms with van der Waals surface area (Å²) in [6.45, 7) is 13.5. The molecule has 0 saturated carbocycles. The van der Waals surface area contributed by atoms with Gasteiger partial charge in [-0.05, 0) is 33.8 Å². The van der Waals surface area contributed by atoms with Gasteiger partial charge in [0.15, 0.2) is 0 Å². The Morgan fingerprint density at radius 1 is 1.20 bits per heavy atom. The lowest BCUT2D eigenvalue weighted by Gasteiger charge is -2.30. The van der Waals surface area contributed by atoms with Gasteiger partial charge < -0.3 is 15.0 Å². The molecule has 1 atom stereocenters. The highest BCUT2D eigenvalue weighted by atomic mass is 16.5. The summed E-state index contributed by atoms with van der Waals surface area (Å²) < 4.78 is 9.57. The van der Waals surface area contributed by atoms with E-state index in [9.17, 15) is 0 Å². The first kappa shape index (κ1) is 17.9. The maximum atomic E-state index is 5.49. The van der Waals surface area contributed by atoms with Gasteiger partial charge in [0.1, 0.15) is 5.82 Å². The molecule has 0 bridgehead atoms. The van der Waals surface area contributed by atoms with Gasteiger partial charge in [-0.3, -0.25) is 9.36 Å². The number of rotatable bonds is 6. The van der Waals surface area contributed by atoms with Gasteiger partial charge in [0.05, 0.1) is 31.1 Å². The second-order valence-electron chi connectivity index (χ2n) is 7.00. The molecule has 1 saturated heterocycles. The van der Waals surface area contributed by atoms with Crippen molar-refractivity contribution in [2.24, 2.45) is 7.05 Å². The van der Waals surface area contributed by atoms with E-state index in [2.05, 4.69) is 51.9 Å². The van der Waals surface area contributed by atoms with Gasteiger partial charge in [-0.25, -0.2) is 0 Å². The van der Waals surface area contributed by atoms with Gasteiger partial charge in [-0.2, -0.15) is 10.2 Å². The Labute approximate surface area is 149 Å². The maximum absolute atomic E-state index is 5.49. The molecule has 2 aromatic rings. The van der Waals surface area contributed by atoms with E-state index in [1.807, 2.05) is 18.7 Å². The van der Waals surface area contributed by atoms with Crippen LogP contribution in [-0.2, 0) is 24.9 Å². The first-order valence-electron chi connectivity index (χ1n) is 9.05. The van der Waals surface area contributed by atoms with Gasteiger partial charge in [0.25, 0.3) is 0 Å². The van der Waals surface area contributed by atoms with Crippen LogP contribution in [0.25, 0.3) is 0 Å². The molecular weight excluding hydrogens is 316 g/mol. The fourth-order valence-corrected chi connectivity index (χ4v) is 3.53. The second-order valence-corrected chi connectivity index (χ2v) is 7.00. The third-order valence-electron chi connectivity index (χ3n) is 4.80. The fourth-order valence-electron chi connectivity index (χ4n) is 3.53. The molecule has 7 nitrogen and oxygen atoms in total. The summed E-state index contributed by atoms with van der Waals surface area (Å²) in [5, 5.41) is 12.8. The number of anilines is 1. The van der Waals surface area contributed by atoms with E-state index in [0.29, 0.717) is 6.04 Å². The molecule has 0 aliphatic carbocycles. The van der Waals surface area contributed by atoms with Crippen molar-refractivity contribution in [2.45, 2.75) is 46.8 Å². The summed E-state index contributed by atoms with van der Waals surface area (Å²) in [4.78, 5) is 2.38. The summed E-state index contributed by atoms with van der Waals surface area (Å²) in [5.74, 6) is 1.21. The molecule has 0 aromatic carbocycles. The van der Waals surface area contributed by atoms with E-state index in [4.69, 9.17) is 4.74 Å². The summed E-state index contributed by atoms with van der Waals surface area (Å²) in [6, 6.07) is 2.45. The number of morpholine rings is 1. The van der Waals surface area contributed by atoms with Crippen molar-refractivity contribution in [1.82, 2.24) is 24.9 Å². The van der Waals surface area contributed by atoms with Gasteiger partial charge in [-0.15, -0.1) is 0 Å². The van der Waals surface area contributed by atoms with Crippen molar-refractivity contribution in [3.8, 4) is 0 Å². The zero-order chi connectivity index (χ0) is 18.0. The minimum absolute atomic E-state index is 0.329. The van der Waals surface area contributed by atoms with Crippen LogP contribution in [0, 0.1) is 20.8 Å². The normalized spacial score (nSPS) is 16.4. The minimum atomic E-state index is 0.329. The number of aromatic nitrogens is 4. The highest BCUT2D eigenvalue weighted by Crippen LogP contribution is 2.24. The number of nitrogens with one attached hydrogen (secondary N) is 1. The van der Waals surface area contributed by atoms with E-state index >= 15 is 0 Å². The molecule has 3 rings (SSSR count). The zero-order valence-corrected chi connectivity index (χ0v) is 16.0. The Balaban J connectivity index is 1.67. The summed E-state index contributed by atoms with van der Waals surface area (Å²) in [5.41, 5.74) is 4.65. The van der Waals surface area contributed by atoms with E-state index in [0.717, 1.165) is 50.8 Å². The molecule has 25 heavy (non-hydrogen) atoms. The molecule has 1 aliphatic heterocycles. The zero-order valence-electron chi connectivity index (χ0n) is 16.0. The third kappa shape index (κ3) is 4.04. The van der Waals surface area contributed by atoms with Gasteiger partial charge in [0.2, 0.25) is 0 Å². The first-order chi connectivity index (χ1) is 12.0. The minimum Gasteiger partial charge on any atom is -0.378 e. The SMILES string of the molecule is Cc1cc(C)n(C[C@H](C)NCc2c(C)nn(C)c2N2CCOCC2)n1. The lowest BCUT2D eigenvalue weighted by Crippen LogP contribution is -2.38. The van der Waals surface area contributed by atoms with Gasteiger partial charge in [-0.1, -0.05) is 0 Å². The number of aryl methyl sites for hydroxylation is 4. The Kier molecular flexibility index (Phi) is 5.44. The molecule has 1 aliphatic rings. The number of nitrogens with zero attached hydrogens (tertiary/aromatic N) is 5. The van der Waals surface area contributed by atoms with Crippen LogP contribution in [0.2, 0.25) is 0 Å². The Morgan fingerprint density at radius 2 is 1.92 bits per heavy atom. The highest BCUT2D eigenvalue weighted by Gasteiger charge is 2.21. The molecule has 0 radical (unpaired) electrons. The Bertz CT molecular complexity index is 713. The van der Waals surface area contributed by atoms with E-state index < -0.39 is 0 Å². The molecular formula is C18H30N6O. The van der Waals surface area contributed by atoms with Crippen LogP contribution in [0.3, 0.4) is 0 Å². The van der Waals surface area contributed by atoms with Crippen molar-refractivity contribution in [3.63, 3.8) is 0 Å². The van der Waals surface area contributed by atoms with E-state index in [1.54, 1.807) is 0 Å². The quantitative estimate of drug-likeness (QED) is 0.860. The first-order valence-corrected chi connectivity index (χ1v) is 9.05. The van der Waals surface area contributed by atoms with Crippen LogP contribution in [0.15, 0.2) is 6.07 Å². The van der Waals surface area contributed by atoms with E-state index in [-0.39, 0.29) is 0 Å². The average molecular weight is 346 g/mol. The second kappa shape index (κ2) is 7.58. The maximum Gasteiger partial charge on any atom is 0.131 e. The predicted molar refractivity (Wildman–Crippen MR) is 99.0 cm³/mol. The summed E-state index contributed by atoms with van der Waals surface area (Å²) in [6.07, 6.45) is 0. The lowest BCUT2D eigenvalue weighted by molar-refractivity contribution is 0.122. The number of ether oxygens (including phenoxy) is 1. The number of hydrogen-bond acceptors (Lipinski definition) is 5. The molecule has 7 heteroatoms. The molecule has 1 fully saturated rings. The standard InChI is InChI=1S/C18H30N6O/c1-13-10-15(3)24(20-13)12-14(2)19-11-17-16(4)21-22(5)18(17)23-6-8-25-9-7-23/h10,14,19H,6-9,11-12H2,1-5H3/t14-/m0/s1. The van der Waals surface area contributed by atoms with Crippen LogP contribution < -0.4 is 10.2 Å². The van der Waals surface area contributed by atoms with Crippen LogP contribution in [0.1, 0.15) is 29.6 Å². The predicted octanol–water partition coefficient (Wildman–Crippen LogP) is 1.56. The summed E-state index contributed by atoms with van der Waals surface area (Å²) in [7, 11) is 2.03.